The number of carbonyl (C=O) groups is 1. The van der Waals surface area contributed by atoms with E-state index in [0.29, 0.717) is 19.6 Å². The van der Waals surface area contributed by atoms with Gasteiger partial charge in [0, 0.05) is 45.0 Å². The molecule has 3 heterocycles. The lowest BCUT2D eigenvalue weighted by Gasteiger charge is -2.36. The van der Waals surface area contributed by atoms with Crippen LogP contribution in [0.25, 0.3) is 0 Å². The van der Waals surface area contributed by atoms with Gasteiger partial charge in [0.15, 0.2) is 0 Å². The van der Waals surface area contributed by atoms with Crippen LogP contribution in [0.3, 0.4) is 0 Å². The van der Waals surface area contributed by atoms with Gasteiger partial charge in [-0.1, -0.05) is 6.07 Å². The van der Waals surface area contributed by atoms with Crippen LogP contribution in [0.2, 0.25) is 0 Å². The van der Waals surface area contributed by atoms with Crippen molar-refractivity contribution in [2.24, 2.45) is 0 Å². The number of aromatic nitrogens is 3. The van der Waals surface area contributed by atoms with Crippen molar-refractivity contribution in [2.75, 3.05) is 19.6 Å². The Kier molecular flexibility index (Phi) is 4.80. The summed E-state index contributed by atoms with van der Waals surface area (Å²) in [5, 5.41) is 17.9. The molecular formula is C15H18N6O3. The van der Waals surface area contributed by atoms with Crippen molar-refractivity contribution < 1.29 is 9.72 Å². The van der Waals surface area contributed by atoms with E-state index >= 15 is 0 Å². The molecule has 9 heteroatoms. The van der Waals surface area contributed by atoms with E-state index in [1.54, 1.807) is 12.4 Å². The maximum Gasteiger partial charge on any atom is 0.306 e. The fourth-order valence-corrected chi connectivity index (χ4v) is 2.80. The third-order valence-corrected chi connectivity index (χ3v) is 4.02. The van der Waals surface area contributed by atoms with Crippen molar-refractivity contribution >= 4 is 11.6 Å². The first-order valence-electron chi connectivity index (χ1n) is 7.72. The monoisotopic (exact) mass is 330 g/mol. The van der Waals surface area contributed by atoms with Gasteiger partial charge in [-0.05, 0) is 11.6 Å². The minimum atomic E-state index is -0.500. The summed E-state index contributed by atoms with van der Waals surface area (Å²) in [4.78, 5) is 28.7. The van der Waals surface area contributed by atoms with E-state index < -0.39 is 4.92 Å². The van der Waals surface area contributed by atoms with Crippen LogP contribution >= 0.6 is 0 Å². The van der Waals surface area contributed by atoms with Crippen LogP contribution in [0.4, 0.5) is 5.69 Å². The number of nitrogens with one attached hydrogen (secondary N) is 1. The molecule has 1 unspecified atom stereocenters. The highest BCUT2D eigenvalue weighted by Gasteiger charge is 2.27. The van der Waals surface area contributed by atoms with Gasteiger partial charge in [-0.15, -0.1) is 0 Å². The fourth-order valence-electron chi connectivity index (χ4n) is 2.80. The van der Waals surface area contributed by atoms with Gasteiger partial charge in [-0.25, -0.2) is 0 Å². The third kappa shape index (κ3) is 3.57. The molecule has 0 aromatic carbocycles. The quantitative estimate of drug-likeness (QED) is 0.640. The Labute approximate surface area is 138 Å². The summed E-state index contributed by atoms with van der Waals surface area (Å²) in [6.45, 7) is 2.37. The summed E-state index contributed by atoms with van der Waals surface area (Å²) in [6.07, 6.45) is 6.25. The van der Waals surface area contributed by atoms with Crippen molar-refractivity contribution in [1.82, 2.24) is 25.0 Å². The lowest BCUT2D eigenvalue weighted by atomic mass is 10.0. The van der Waals surface area contributed by atoms with E-state index in [2.05, 4.69) is 15.4 Å². The molecule has 0 spiro atoms. The van der Waals surface area contributed by atoms with Gasteiger partial charge in [0.1, 0.15) is 12.4 Å². The zero-order chi connectivity index (χ0) is 16.9. The average molecular weight is 330 g/mol. The van der Waals surface area contributed by atoms with Crippen LogP contribution in [-0.2, 0) is 11.3 Å². The Morgan fingerprint density at radius 1 is 1.46 bits per heavy atom. The number of hydrogen-bond acceptors (Lipinski definition) is 6. The molecule has 0 saturated carbocycles. The standard InChI is InChI=1S/C15H18N6O3/c22-15(3-6-19-11-13(9-18-19)21(23)24)20-7-5-17-10-14(20)12-2-1-4-16-8-12/h1-2,4,8-9,11,14,17H,3,5-7,10H2. The Balaban J connectivity index is 1.64. The number of aryl methyl sites for hydroxylation is 1. The summed E-state index contributed by atoms with van der Waals surface area (Å²) in [7, 11) is 0. The third-order valence-electron chi connectivity index (χ3n) is 4.02. The first-order chi connectivity index (χ1) is 11.6. The average Bonchev–Trinajstić information content (AvgIpc) is 3.10. The minimum absolute atomic E-state index is 0.00325. The van der Waals surface area contributed by atoms with Gasteiger partial charge in [-0.2, -0.15) is 5.10 Å². The van der Waals surface area contributed by atoms with Crippen molar-refractivity contribution in [3.05, 3.63) is 52.6 Å². The van der Waals surface area contributed by atoms with Crippen molar-refractivity contribution in [3.63, 3.8) is 0 Å². The van der Waals surface area contributed by atoms with Crippen LogP contribution in [0.1, 0.15) is 18.0 Å². The first-order valence-corrected chi connectivity index (χ1v) is 7.72. The topological polar surface area (TPSA) is 106 Å². The highest BCUT2D eigenvalue weighted by atomic mass is 16.6. The second-order valence-electron chi connectivity index (χ2n) is 5.56. The van der Waals surface area contributed by atoms with Crippen molar-refractivity contribution in [2.45, 2.75) is 19.0 Å². The van der Waals surface area contributed by atoms with E-state index in [9.17, 15) is 14.9 Å². The number of pyridine rings is 1. The van der Waals surface area contributed by atoms with Crippen LogP contribution in [0.5, 0.6) is 0 Å². The molecule has 0 bridgehead atoms. The Hall–Kier alpha value is -2.81. The zero-order valence-electron chi connectivity index (χ0n) is 13.0. The number of carbonyl (C=O) groups excluding carboxylic acids is 1. The molecule has 1 fully saturated rings. The van der Waals surface area contributed by atoms with E-state index in [-0.39, 0.29) is 24.1 Å². The maximum absolute atomic E-state index is 12.6. The number of nitrogens with zero attached hydrogens (tertiary/aromatic N) is 5. The van der Waals surface area contributed by atoms with E-state index in [0.717, 1.165) is 12.1 Å². The lowest BCUT2D eigenvalue weighted by Crippen LogP contribution is -2.48. The molecule has 0 radical (unpaired) electrons. The molecule has 1 amide bonds. The molecule has 2 aromatic rings. The predicted molar refractivity (Wildman–Crippen MR) is 85.1 cm³/mol. The summed E-state index contributed by atoms with van der Waals surface area (Å²) < 4.78 is 1.43. The van der Waals surface area contributed by atoms with E-state index in [4.69, 9.17) is 0 Å². The van der Waals surface area contributed by atoms with Crippen LogP contribution in [0, 0.1) is 10.1 Å². The van der Waals surface area contributed by atoms with Gasteiger partial charge in [0.25, 0.3) is 0 Å². The Morgan fingerprint density at radius 3 is 3.04 bits per heavy atom. The molecule has 1 aliphatic rings. The van der Waals surface area contributed by atoms with Gasteiger partial charge < -0.3 is 10.2 Å². The molecule has 1 aliphatic heterocycles. The Morgan fingerprint density at radius 2 is 2.33 bits per heavy atom. The molecular weight excluding hydrogens is 312 g/mol. The normalized spacial score (nSPS) is 17.7. The molecule has 24 heavy (non-hydrogen) atoms. The zero-order valence-corrected chi connectivity index (χ0v) is 13.0. The highest BCUT2D eigenvalue weighted by molar-refractivity contribution is 5.76. The minimum Gasteiger partial charge on any atom is -0.333 e. The molecule has 1 atom stereocenters. The first kappa shape index (κ1) is 16.1. The van der Waals surface area contributed by atoms with Crippen molar-refractivity contribution in [3.8, 4) is 0 Å². The lowest BCUT2D eigenvalue weighted by molar-refractivity contribution is -0.385. The van der Waals surface area contributed by atoms with Gasteiger partial charge in [0.2, 0.25) is 5.91 Å². The summed E-state index contributed by atoms with van der Waals surface area (Å²) in [5.41, 5.74) is 0.922. The molecule has 1 N–H and O–H groups in total. The van der Waals surface area contributed by atoms with Gasteiger partial charge in [-0.3, -0.25) is 24.6 Å². The van der Waals surface area contributed by atoms with E-state index in [1.165, 1.54) is 17.1 Å². The van der Waals surface area contributed by atoms with Crippen LogP contribution < -0.4 is 5.32 Å². The van der Waals surface area contributed by atoms with Crippen LogP contribution in [-0.4, -0.2) is 50.1 Å². The van der Waals surface area contributed by atoms with Gasteiger partial charge in [0.05, 0.1) is 11.0 Å². The SMILES string of the molecule is O=C(CCn1cc([N+](=O)[O-])cn1)N1CCNCC1c1cccnc1. The number of hydrogen-bond donors (Lipinski definition) is 1. The van der Waals surface area contributed by atoms with Gasteiger partial charge >= 0.3 is 5.69 Å². The van der Waals surface area contributed by atoms with E-state index in [1.807, 2.05) is 17.0 Å². The molecule has 0 aliphatic carbocycles. The summed E-state index contributed by atoms with van der Waals surface area (Å²) in [5.74, 6) is 0.00325. The number of rotatable bonds is 5. The van der Waals surface area contributed by atoms with Crippen molar-refractivity contribution in [1.29, 1.82) is 0 Å². The summed E-state index contributed by atoms with van der Waals surface area (Å²) in [6, 6.07) is 3.77. The number of nitro groups is 1. The fraction of sp³-hybridized carbons (Fsp3) is 0.400. The highest BCUT2D eigenvalue weighted by Crippen LogP contribution is 2.22. The molecule has 126 valence electrons. The van der Waals surface area contributed by atoms with Crippen LogP contribution in [0.15, 0.2) is 36.9 Å². The summed E-state index contributed by atoms with van der Waals surface area (Å²) >= 11 is 0. The largest absolute Gasteiger partial charge is 0.333 e. The number of amides is 1. The second kappa shape index (κ2) is 7.18. The number of piperazine rings is 1. The second-order valence-corrected chi connectivity index (χ2v) is 5.56. The maximum atomic E-state index is 12.6. The predicted octanol–water partition coefficient (Wildman–Crippen LogP) is 0.749. The molecule has 1 saturated heterocycles. The molecule has 2 aromatic heterocycles. The smallest absolute Gasteiger partial charge is 0.306 e. The Bertz CT molecular complexity index is 717. The molecule has 3 rings (SSSR count). The molecule has 9 nitrogen and oxygen atoms in total.